The maximum absolute atomic E-state index is 12.9. The highest BCUT2D eigenvalue weighted by atomic mass is 35.6. The molecule has 1 amide bonds. The minimum atomic E-state index is -1.80. The Hall–Kier alpha value is -0.820. The molecule has 0 aromatic heterocycles. The number of thiocarbonyl (C=S) groups is 1. The molecule has 0 unspecified atom stereocenters. The number of benzene rings is 1. The van der Waals surface area contributed by atoms with E-state index in [4.69, 9.17) is 47.0 Å². The van der Waals surface area contributed by atoms with E-state index in [1.165, 1.54) is 24.3 Å². The van der Waals surface area contributed by atoms with Crippen LogP contribution in [0.15, 0.2) is 24.3 Å². The summed E-state index contributed by atoms with van der Waals surface area (Å²) < 4.78 is 11.1. The molecule has 0 fully saturated rings. The summed E-state index contributed by atoms with van der Waals surface area (Å²) in [5.74, 6) is -0.594. The largest absolute Gasteiger partial charge is 0.339 e. The van der Waals surface area contributed by atoms with Gasteiger partial charge in [0.1, 0.15) is 12.0 Å². The van der Waals surface area contributed by atoms with Crippen LogP contribution in [0.5, 0.6) is 0 Å². The predicted octanol–water partition coefficient (Wildman–Crippen LogP) is 4.90. The van der Waals surface area contributed by atoms with Gasteiger partial charge in [0, 0.05) is 12.1 Å². The molecule has 140 valence electrons. The molecule has 0 saturated heterocycles. The number of rotatable bonds is 8. The van der Waals surface area contributed by atoms with Crippen molar-refractivity contribution < 1.29 is 9.18 Å². The highest BCUT2D eigenvalue weighted by molar-refractivity contribution is 7.80. The molecule has 4 nitrogen and oxygen atoms in total. The van der Waals surface area contributed by atoms with Crippen molar-refractivity contribution in [1.82, 2.24) is 10.6 Å². The summed E-state index contributed by atoms with van der Waals surface area (Å²) in [6, 6.07) is 5.60. The first-order chi connectivity index (χ1) is 11.7. The lowest BCUT2D eigenvalue weighted by molar-refractivity contribution is -0.122. The van der Waals surface area contributed by atoms with Gasteiger partial charge in [0.15, 0.2) is 5.11 Å². The average molecular weight is 429 g/mol. The van der Waals surface area contributed by atoms with Gasteiger partial charge in [0.2, 0.25) is 9.70 Å². The number of carbonyl (C=O) groups excluding carboxylic acids is 1. The summed E-state index contributed by atoms with van der Waals surface area (Å²) >= 11 is 22.9. The van der Waals surface area contributed by atoms with E-state index < -0.39 is 9.96 Å². The Labute approximate surface area is 167 Å². The number of unbranched alkanes of at least 4 members (excludes halogenated alkanes) is 3. The van der Waals surface area contributed by atoms with Crippen molar-refractivity contribution in [2.45, 2.75) is 49.0 Å². The van der Waals surface area contributed by atoms with Crippen LogP contribution < -0.4 is 16.0 Å². The lowest BCUT2D eigenvalue weighted by Gasteiger charge is -2.27. The first kappa shape index (κ1) is 22.2. The Morgan fingerprint density at radius 3 is 2.36 bits per heavy atom. The van der Waals surface area contributed by atoms with Gasteiger partial charge in [-0.05, 0) is 42.9 Å². The zero-order valence-corrected chi connectivity index (χ0v) is 16.8. The SMILES string of the molecule is CCCCCCC(=O)N[C@@H](NC(=S)Nc1ccc(F)cc1)C(Cl)(Cl)Cl. The van der Waals surface area contributed by atoms with Gasteiger partial charge in [-0.1, -0.05) is 61.0 Å². The predicted molar refractivity (Wildman–Crippen MR) is 107 cm³/mol. The molecule has 1 aromatic carbocycles. The number of hydrogen-bond donors (Lipinski definition) is 3. The number of alkyl halides is 3. The fourth-order valence-electron chi connectivity index (χ4n) is 1.98. The topological polar surface area (TPSA) is 53.2 Å². The van der Waals surface area contributed by atoms with Gasteiger partial charge in [-0.25, -0.2) is 4.39 Å². The van der Waals surface area contributed by atoms with E-state index in [2.05, 4.69) is 22.9 Å². The monoisotopic (exact) mass is 427 g/mol. The molecule has 1 aromatic rings. The normalized spacial score (nSPS) is 12.4. The van der Waals surface area contributed by atoms with Gasteiger partial charge in [-0.15, -0.1) is 0 Å². The van der Waals surface area contributed by atoms with E-state index in [0.717, 1.165) is 25.7 Å². The molecule has 3 N–H and O–H groups in total. The average Bonchev–Trinajstić information content (AvgIpc) is 2.52. The first-order valence-electron chi connectivity index (χ1n) is 7.91. The molecule has 0 radical (unpaired) electrons. The molecule has 0 saturated carbocycles. The van der Waals surface area contributed by atoms with Crippen molar-refractivity contribution in [2.75, 3.05) is 5.32 Å². The molecule has 1 rings (SSSR count). The Morgan fingerprint density at radius 2 is 1.80 bits per heavy atom. The number of anilines is 1. The van der Waals surface area contributed by atoms with Crippen LogP contribution in [0.2, 0.25) is 0 Å². The van der Waals surface area contributed by atoms with Crippen LogP contribution in [-0.4, -0.2) is 21.0 Å². The highest BCUT2D eigenvalue weighted by Crippen LogP contribution is 2.29. The van der Waals surface area contributed by atoms with E-state index in [-0.39, 0.29) is 16.8 Å². The van der Waals surface area contributed by atoms with Crippen molar-refractivity contribution in [1.29, 1.82) is 0 Å². The van der Waals surface area contributed by atoms with Gasteiger partial charge < -0.3 is 16.0 Å². The highest BCUT2D eigenvalue weighted by Gasteiger charge is 2.34. The summed E-state index contributed by atoms with van der Waals surface area (Å²) in [5.41, 5.74) is 0.563. The molecule has 1 atom stereocenters. The van der Waals surface area contributed by atoms with Gasteiger partial charge in [-0.2, -0.15) is 0 Å². The minimum Gasteiger partial charge on any atom is -0.339 e. The van der Waals surface area contributed by atoms with Crippen LogP contribution in [0, 0.1) is 5.82 Å². The Bertz CT molecular complexity index is 567. The Balaban J connectivity index is 2.56. The van der Waals surface area contributed by atoms with Crippen LogP contribution in [-0.2, 0) is 4.79 Å². The van der Waals surface area contributed by atoms with Crippen molar-refractivity contribution in [3.63, 3.8) is 0 Å². The molecule has 9 heteroatoms. The summed E-state index contributed by atoms with van der Waals surface area (Å²) in [7, 11) is 0. The van der Waals surface area contributed by atoms with E-state index in [9.17, 15) is 9.18 Å². The van der Waals surface area contributed by atoms with Crippen molar-refractivity contribution >= 4 is 63.7 Å². The van der Waals surface area contributed by atoms with E-state index in [0.29, 0.717) is 12.1 Å². The molecule has 25 heavy (non-hydrogen) atoms. The van der Waals surface area contributed by atoms with Crippen molar-refractivity contribution in [3.8, 4) is 0 Å². The molecule has 0 aliphatic carbocycles. The summed E-state index contributed by atoms with van der Waals surface area (Å²) in [4.78, 5) is 12.0. The molecular formula is C16H21Cl3FN3OS. The molecule has 0 spiro atoms. The van der Waals surface area contributed by atoms with Crippen molar-refractivity contribution in [2.24, 2.45) is 0 Å². The standard InChI is InChI=1S/C16H21Cl3FN3OS/c1-2-3-4-5-6-13(24)22-14(16(17,18)19)23-15(25)21-12-9-7-11(20)8-10-12/h7-10,14H,2-6H2,1H3,(H,22,24)(H2,21,23,25)/t14-/m0/s1. The van der Waals surface area contributed by atoms with Crippen LogP contribution in [0.3, 0.4) is 0 Å². The maximum atomic E-state index is 12.9. The second-order valence-corrected chi connectivity index (χ2v) is 8.24. The van der Waals surface area contributed by atoms with Crippen LogP contribution in [0.25, 0.3) is 0 Å². The summed E-state index contributed by atoms with van der Waals surface area (Å²) in [5, 5.41) is 8.34. The second-order valence-electron chi connectivity index (χ2n) is 5.46. The lowest BCUT2D eigenvalue weighted by atomic mass is 10.1. The fraction of sp³-hybridized carbons (Fsp3) is 0.500. The van der Waals surface area contributed by atoms with Gasteiger partial charge in [-0.3, -0.25) is 4.79 Å². The summed E-state index contributed by atoms with van der Waals surface area (Å²) in [6.45, 7) is 2.10. The van der Waals surface area contributed by atoms with Gasteiger partial charge in [0.25, 0.3) is 0 Å². The van der Waals surface area contributed by atoms with Gasteiger partial charge >= 0.3 is 0 Å². The third kappa shape index (κ3) is 9.45. The molecule has 0 aliphatic heterocycles. The number of halogens is 4. The van der Waals surface area contributed by atoms with E-state index in [1.807, 2.05) is 0 Å². The molecule has 0 aliphatic rings. The number of nitrogens with one attached hydrogen (secondary N) is 3. The third-order valence-electron chi connectivity index (χ3n) is 3.27. The van der Waals surface area contributed by atoms with Crippen LogP contribution in [0.1, 0.15) is 39.0 Å². The molecular weight excluding hydrogens is 408 g/mol. The quantitative estimate of drug-likeness (QED) is 0.239. The number of amides is 1. The van der Waals surface area contributed by atoms with Gasteiger partial charge in [0.05, 0.1) is 0 Å². The lowest BCUT2D eigenvalue weighted by Crippen LogP contribution is -2.56. The maximum Gasteiger partial charge on any atom is 0.228 e. The molecule has 0 heterocycles. The minimum absolute atomic E-state index is 0.134. The Kier molecular flexibility index (Phi) is 9.79. The Morgan fingerprint density at radius 1 is 1.16 bits per heavy atom. The molecule has 0 bridgehead atoms. The van der Waals surface area contributed by atoms with Crippen LogP contribution >= 0.6 is 47.0 Å². The van der Waals surface area contributed by atoms with Crippen molar-refractivity contribution in [3.05, 3.63) is 30.1 Å². The third-order valence-corrected chi connectivity index (χ3v) is 4.14. The van der Waals surface area contributed by atoms with Crippen LogP contribution in [0.4, 0.5) is 10.1 Å². The fourth-order valence-corrected chi connectivity index (χ4v) is 2.54. The first-order valence-corrected chi connectivity index (χ1v) is 9.45. The number of hydrogen-bond acceptors (Lipinski definition) is 2. The zero-order valence-electron chi connectivity index (χ0n) is 13.8. The zero-order chi connectivity index (χ0) is 18.9. The van der Waals surface area contributed by atoms with E-state index >= 15 is 0 Å². The van der Waals surface area contributed by atoms with E-state index in [1.54, 1.807) is 0 Å². The second kappa shape index (κ2) is 11.0. The smallest absolute Gasteiger partial charge is 0.228 e. The summed E-state index contributed by atoms with van der Waals surface area (Å²) in [6.07, 6.45) is 3.24. The number of carbonyl (C=O) groups is 1.